The van der Waals surface area contributed by atoms with E-state index < -0.39 is 14.9 Å². The summed E-state index contributed by atoms with van der Waals surface area (Å²) in [7, 11) is -3.94. The maximum absolute atomic E-state index is 13.4. The number of benzene rings is 3. The number of hydrogen-bond donors (Lipinski definition) is 0. The first-order chi connectivity index (χ1) is 14.7. The van der Waals surface area contributed by atoms with Gasteiger partial charge in [0, 0.05) is 21.7 Å². The van der Waals surface area contributed by atoms with Crippen LogP contribution in [0.3, 0.4) is 0 Å². The van der Waals surface area contributed by atoms with E-state index in [1.165, 1.54) is 16.4 Å². The Balaban J connectivity index is 1.74. The van der Waals surface area contributed by atoms with Gasteiger partial charge in [0.25, 0.3) is 15.7 Å². The fraction of sp³-hybridized carbons (Fsp3) is 0.0909. The average Bonchev–Trinajstić information content (AvgIpc) is 3.01. The zero-order valence-corrected chi connectivity index (χ0v) is 18.6. The lowest BCUT2D eigenvalue weighted by atomic mass is 10.0. The highest BCUT2D eigenvalue weighted by molar-refractivity contribution is 9.10. The second-order valence-corrected chi connectivity index (χ2v) is 10.2. The van der Waals surface area contributed by atoms with Gasteiger partial charge in [0.1, 0.15) is 11.5 Å². The lowest BCUT2D eigenvalue weighted by Gasteiger charge is -2.20. The number of non-ortho nitro benzene ring substituents is 1. The highest BCUT2D eigenvalue weighted by atomic mass is 79.9. The van der Waals surface area contributed by atoms with Crippen molar-refractivity contribution in [2.24, 2.45) is 0 Å². The summed E-state index contributed by atoms with van der Waals surface area (Å²) in [6.45, 7) is 1.92. The Labute approximate surface area is 186 Å². The molecule has 5 rings (SSSR count). The Kier molecular flexibility index (Phi) is 4.42. The average molecular weight is 499 g/mol. The summed E-state index contributed by atoms with van der Waals surface area (Å²) in [4.78, 5) is 11.1. The summed E-state index contributed by atoms with van der Waals surface area (Å²) in [6, 6.07) is 14.6. The maximum atomic E-state index is 13.4. The zero-order chi connectivity index (χ0) is 21.9. The molecular formula is C22H15BrN2O5S. The van der Waals surface area contributed by atoms with Gasteiger partial charge in [-0.3, -0.25) is 14.4 Å². The smallest absolute Gasteiger partial charge is 0.275 e. The molecule has 9 heteroatoms. The minimum absolute atomic E-state index is 0.0506. The van der Waals surface area contributed by atoms with Gasteiger partial charge >= 0.3 is 0 Å². The molecule has 0 aliphatic carbocycles. The molecule has 0 spiro atoms. The molecule has 0 aromatic heterocycles. The molecule has 0 saturated carbocycles. The van der Waals surface area contributed by atoms with Gasteiger partial charge in [-0.25, -0.2) is 8.42 Å². The number of nitro benzene ring substituents is 1. The van der Waals surface area contributed by atoms with Gasteiger partial charge in [-0.05, 0) is 48.9 Å². The lowest BCUT2D eigenvalue weighted by Crippen LogP contribution is -2.29. The van der Waals surface area contributed by atoms with Crippen molar-refractivity contribution >= 4 is 49.0 Å². The molecule has 0 bridgehead atoms. The van der Waals surface area contributed by atoms with Crippen LogP contribution in [0.1, 0.15) is 16.7 Å². The van der Waals surface area contributed by atoms with Crippen molar-refractivity contribution in [2.45, 2.75) is 11.8 Å². The van der Waals surface area contributed by atoms with Crippen LogP contribution in [0.25, 0.3) is 11.6 Å². The zero-order valence-electron chi connectivity index (χ0n) is 16.2. The van der Waals surface area contributed by atoms with Crippen LogP contribution in [0.15, 0.2) is 64.0 Å². The number of halogens is 1. The first-order valence-corrected chi connectivity index (χ1v) is 11.6. The number of aryl methyl sites for hydroxylation is 1. The molecule has 0 saturated heterocycles. The third-order valence-corrected chi connectivity index (χ3v) is 7.58. The Bertz CT molecular complexity index is 1400. The van der Waals surface area contributed by atoms with Crippen molar-refractivity contribution in [1.82, 2.24) is 0 Å². The Morgan fingerprint density at radius 2 is 1.81 bits per heavy atom. The molecular weight excluding hydrogens is 484 g/mol. The number of nitrogens with zero attached hydrogens (tertiary/aromatic N) is 2. The van der Waals surface area contributed by atoms with Crippen LogP contribution in [-0.4, -0.2) is 19.9 Å². The molecule has 156 valence electrons. The van der Waals surface area contributed by atoms with E-state index >= 15 is 0 Å². The van der Waals surface area contributed by atoms with E-state index in [9.17, 15) is 18.5 Å². The summed E-state index contributed by atoms with van der Waals surface area (Å²) in [5.74, 6) is 0.805. The van der Waals surface area contributed by atoms with E-state index in [4.69, 9.17) is 4.74 Å². The normalized spacial score (nSPS) is 14.3. The highest BCUT2D eigenvalue weighted by Crippen LogP contribution is 2.50. The first kappa shape index (κ1) is 19.8. The van der Waals surface area contributed by atoms with Crippen molar-refractivity contribution in [3.05, 3.63) is 85.9 Å². The molecule has 3 aromatic rings. The molecule has 31 heavy (non-hydrogen) atoms. The summed E-state index contributed by atoms with van der Waals surface area (Å²) in [5.41, 5.74) is 2.96. The van der Waals surface area contributed by atoms with Crippen LogP contribution in [0.5, 0.6) is 11.5 Å². The van der Waals surface area contributed by atoms with E-state index in [2.05, 4.69) is 15.9 Å². The van der Waals surface area contributed by atoms with Gasteiger partial charge in [0.05, 0.1) is 28.1 Å². The van der Waals surface area contributed by atoms with Crippen molar-refractivity contribution in [3.63, 3.8) is 0 Å². The van der Waals surface area contributed by atoms with E-state index in [0.29, 0.717) is 16.9 Å². The number of rotatable bonds is 3. The SMILES string of the molecule is Cc1ccc(S(=O)(=O)N2CC3=Cc4cc(Br)ccc4Oc4cc([N+](=O)[O-])cc2c43)cc1. The molecule has 2 aliphatic heterocycles. The minimum atomic E-state index is -3.94. The lowest BCUT2D eigenvalue weighted by molar-refractivity contribution is -0.384. The predicted octanol–water partition coefficient (Wildman–Crippen LogP) is 5.52. The molecule has 0 amide bonds. The van der Waals surface area contributed by atoms with Crippen molar-refractivity contribution < 1.29 is 18.1 Å². The van der Waals surface area contributed by atoms with Crippen LogP contribution in [0.2, 0.25) is 0 Å². The molecule has 0 N–H and O–H groups in total. The predicted molar refractivity (Wildman–Crippen MR) is 121 cm³/mol. The fourth-order valence-electron chi connectivity index (χ4n) is 3.81. The minimum Gasteiger partial charge on any atom is -0.456 e. The maximum Gasteiger partial charge on any atom is 0.275 e. The fourth-order valence-corrected chi connectivity index (χ4v) is 5.64. The molecule has 2 aliphatic rings. The van der Waals surface area contributed by atoms with Gasteiger partial charge < -0.3 is 4.74 Å². The number of nitro groups is 1. The largest absolute Gasteiger partial charge is 0.456 e. The number of fused-ring (bicyclic) bond motifs is 1. The van der Waals surface area contributed by atoms with Crippen LogP contribution >= 0.6 is 15.9 Å². The first-order valence-electron chi connectivity index (χ1n) is 9.34. The van der Waals surface area contributed by atoms with Gasteiger partial charge in [0.2, 0.25) is 0 Å². The van der Waals surface area contributed by atoms with Crippen molar-refractivity contribution in [1.29, 1.82) is 0 Å². The molecule has 0 unspecified atom stereocenters. The summed E-state index contributed by atoms with van der Waals surface area (Å²) < 4.78 is 35.0. The monoisotopic (exact) mass is 498 g/mol. The van der Waals surface area contributed by atoms with Crippen LogP contribution in [0.4, 0.5) is 11.4 Å². The second kappa shape index (κ2) is 6.93. The van der Waals surface area contributed by atoms with Gasteiger partial charge in [-0.15, -0.1) is 0 Å². The summed E-state index contributed by atoms with van der Waals surface area (Å²) >= 11 is 3.44. The molecule has 0 atom stereocenters. The van der Waals surface area contributed by atoms with Gasteiger partial charge in [-0.2, -0.15) is 0 Å². The molecule has 3 aromatic carbocycles. The molecule has 0 radical (unpaired) electrons. The molecule has 2 heterocycles. The van der Waals surface area contributed by atoms with E-state index in [0.717, 1.165) is 15.6 Å². The van der Waals surface area contributed by atoms with E-state index in [1.807, 2.05) is 25.1 Å². The number of ether oxygens (including phenoxy) is 1. The molecule has 7 nitrogen and oxygen atoms in total. The van der Waals surface area contributed by atoms with Crippen LogP contribution < -0.4 is 9.04 Å². The van der Waals surface area contributed by atoms with Crippen LogP contribution in [-0.2, 0) is 10.0 Å². The number of anilines is 1. The Morgan fingerprint density at radius 3 is 2.52 bits per heavy atom. The topological polar surface area (TPSA) is 89.8 Å². The summed E-state index contributed by atoms with van der Waals surface area (Å²) in [6.07, 6.45) is 1.87. The van der Waals surface area contributed by atoms with E-state index in [-0.39, 0.29) is 28.6 Å². The third kappa shape index (κ3) is 3.21. The van der Waals surface area contributed by atoms with E-state index in [1.54, 1.807) is 30.3 Å². The third-order valence-electron chi connectivity index (χ3n) is 5.31. The number of sulfonamides is 1. The van der Waals surface area contributed by atoms with Crippen LogP contribution in [0, 0.1) is 17.0 Å². The Hall–Kier alpha value is -3.17. The standard InChI is InChI=1S/C22H15BrN2O5S/c1-13-2-5-18(6-3-13)31(28,29)24-12-15-8-14-9-16(23)4-7-20(14)30-21-11-17(25(26)27)10-19(24)22(15)21/h2-11H,12H2,1H3. The number of hydrogen-bond acceptors (Lipinski definition) is 5. The van der Waals surface area contributed by atoms with Gasteiger partial charge in [-0.1, -0.05) is 33.6 Å². The van der Waals surface area contributed by atoms with Crippen molar-refractivity contribution in [2.75, 3.05) is 10.8 Å². The second-order valence-electron chi connectivity index (χ2n) is 7.37. The quantitative estimate of drug-likeness (QED) is 0.350. The van der Waals surface area contributed by atoms with Crippen molar-refractivity contribution in [3.8, 4) is 11.5 Å². The molecule has 0 fully saturated rings. The van der Waals surface area contributed by atoms with Gasteiger partial charge in [0.15, 0.2) is 0 Å². The Morgan fingerprint density at radius 1 is 1.06 bits per heavy atom. The summed E-state index contributed by atoms with van der Waals surface area (Å²) in [5, 5.41) is 11.6. The highest BCUT2D eigenvalue weighted by Gasteiger charge is 2.38.